The molecule has 0 unspecified atom stereocenters. The SMILES string of the molecule is Cc1cc(OC2CCCCC2)ccc1N1CCCNCC1. The number of aryl methyl sites for hydroxylation is 1. The van der Waals surface area contributed by atoms with Crippen LogP contribution in [0, 0.1) is 6.92 Å². The van der Waals surface area contributed by atoms with E-state index in [1.807, 2.05) is 0 Å². The molecule has 0 spiro atoms. The van der Waals surface area contributed by atoms with Gasteiger partial charge in [-0.2, -0.15) is 0 Å². The van der Waals surface area contributed by atoms with Crippen LogP contribution in [0.2, 0.25) is 0 Å². The minimum Gasteiger partial charge on any atom is -0.490 e. The standard InChI is InChI=1S/C18H28N2O/c1-15-14-17(21-16-6-3-2-4-7-16)8-9-18(15)20-12-5-10-19-11-13-20/h8-9,14,16,19H,2-7,10-13H2,1H3. The van der Waals surface area contributed by atoms with E-state index in [1.54, 1.807) is 0 Å². The van der Waals surface area contributed by atoms with Crippen molar-refractivity contribution < 1.29 is 4.74 Å². The molecular formula is C18H28N2O. The summed E-state index contributed by atoms with van der Waals surface area (Å²) in [6.45, 7) is 6.68. The van der Waals surface area contributed by atoms with E-state index in [-0.39, 0.29) is 0 Å². The maximum atomic E-state index is 6.17. The lowest BCUT2D eigenvalue weighted by atomic mass is 9.98. The Labute approximate surface area is 128 Å². The number of ether oxygens (including phenoxy) is 1. The van der Waals surface area contributed by atoms with Gasteiger partial charge in [-0.15, -0.1) is 0 Å². The van der Waals surface area contributed by atoms with E-state index in [1.165, 1.54) is 49.8 Å². The molecule has 3 heteroatoms. The lowest BCUT2D eigenvalue weighted by Crippen LogP contribution is -2.28. The summed E-state index contributed by atoms with van der Waals surface area (Å²) in [4.78, 5) is 2.50. The summed E-state index contributed by atoms with van der Waals surface area (Å²) in [6.07, 6.45) is 8.12. The molecule has 3 nitrogen and oxygen atoms in total. The Morgan fingerprint density at radius 1 is 1.05 bits per heavy atom. The molecule has 0 radical (unpaired) electrons. The molecule has 21 heavy (non-hydrogen) atoms. The maximum absolute atomic E-state index is 6.17. The van der Waals surface area contributed by atoms with Crippen molar-refractivity contribution in [1.29, 1.82) is 0 Å². The molecule has 1 aromatic carbocycles. The van der Waals surface area contributed by atoms with E-state index in [9.17, 15) is 0 Å². The lowest BCUT2D eigenvalue weighted by Gasteiger charge is -2.26. The van der Waals surface area contributed by atoms with Gasteiger partial charge in [0.1, 0.15) is 5.75 Å². The molecule has 3 rings (SSSR count). The summed E-state index contributed by atoms with van der Waals surface area (Å²) in [5, 5.41) is 3.47. The number of nitrogens with zero attached hydrogens (tertiary/aromatic N) is 1. The van der Waals surface area contributed by atoms with E-state index < -0.39 is 0 Å². The molecular weight excluding hydrogens is 260 g/mol. The van der Waals surface area contributed by atoms with Gasteiger partial charge in [-0.05, 0) is 69.3 Å². The zero-order chi connectivity index (χ0) is 14.5. The Morgan fingerprint density at radius 3 is 2.71 bits per heavy atom. The second kappa shape index (κ2) is 7.17. The van der Waals surface area contributed by atoms with Crippen LogP contribution in [-0.4, -0.2) is 32.3 Å². The highest BCUT2D eigenvalue weighted by Crippen LogP contribution is 2.28. The fourth-order valence-corrected chi connectivity index (χ4v) is 3.52. The average molecular weight is 288 g/mol. The molecule has 0 amide bonds. The third kappa shape index (κ3) is 3.91. The minimum atomic E-state index is 0.436. The van der Waals surface area contributed by atoms with Gasteiger partial charge in [-0.3, -0.25) is 0 Å². The molecule has 1 heterocycles. The van der Waals surface area contributed by atoms with Crippen LogP contribution in [0.25, 0.3) is 0 Å². The van der Waals surface area contributed by atoms with E-state index in [0.717, 1.165) is 31.9 Å². The van der Waals surface area contributed by atoms with Crippen LogP contribution in [-0.2, 0) is 0 Å². The third-order valence-electron chi connectivity index (χ3n) is 4.70. The van der Waals surface area contributed by atoms with Crippen molar-refractivity contribution in [3.8, 4) is 5.75 Å². The molecule has 1 N–H and O–H groups in total. The van der Waals surface area contributed by atoms with Gasteiger partial charge in [0.2, 0.25) is 0 Å². The molecule has 2 aliphatic rings. The van der Waals surface area contributed by atoms with Gasteiger partial charge in [0, 0.05) is 25.3 Å². The highest BCUT2D eigenvalue weighted by molar-refractivity contribution is 5.56. The minimum absolute atomic E-state index is 0.436. The van der Waals surface area contributed by atoms with E-state index in [2.05, 4.69) is 35.3 Å². The molecule has 1 saturated carbocycles. The Hall–Kier alpha value is -1.22. The van der Waals surface area contributed by atoms with Crippen molar-refractivity contribution in [2.75, 3.05) is 31.1 Å². The zero-order valence-electron chi connectivity index (χ0n) is 13.2. The van der Waals surface area contributed by atoms with Gasteiger partial charge in [-0.1, -0.05) is 6.42 Å². The smallest absolute Gasteiger partial charge is 0.120 e. The van der Waals surface area contributed by atoms with Crippen molar-refractivity contribution in [3.63, 3.8) is 0 Å². The summed E-state index contributed by atoms with van der Waals surface area (Å²) in [5.74, 6) is 1.05. The number of anilines is 1. The Kier molecular flexibility index (Phi) is 5.02. The van der Waals surface area contributed by atoms with Gasteiger partial charge in [-0.25, -0.2) is 0 Å². The summed E-state index contributed by atoms with van der Waals surface area (Å²) in [5.41, 5.74) is 2.71. The zero-order valence-corrected chi connectivity index (χ0v) is 13.2. The van der Waals surface area contributed by atoms with Crippen molar-refractivity contribution in [2.45, 2.75) is 51.6 Å². The quantitative estimate of drug-likeness (QED) is 0.921. The highest BCUT2D eigenvalue weighted by atomic mass is 16.5. The van der Waals surface area contributed by atoms with Gasteiger partial charge in [0.05, 0.1) is 6.10 Å². The summed E-state index contributed by atoms with van der Waals surface area (Å²) in [6, 6.07) is 6.64. The molecule has 0 bridgehead atoms. The number of rotatable bonds is 3. The first-order valence-electron chi connectivity index (χ1n) is 8.56. The first-order valence-corrected chi connectivity index (χ1v) is 8.56. The van der Waals surface area contributed by atoms with Crippen LogP contribution in [0.3, 0.4) is 0 Å². The van der Waals surface area contributed by atoms with Crippen LogP contribution < -0.4 is 15.0 Å². The van der Waals surface area contributed by atoms with Crippen LogP contribution in [0.5, 0.6) is 5.75 Å². The van der Waals surface area contributed by atoms with Crippen molar-refractivity contribution in [1.82, 2.24) is 5.32 Å². The van der Waals surface area contributed by atoms with Gasteiger partial charge in [0.25, 0.3) is 0 Å². The van der Waals surface area contributed by atoms with Crippen molar-refractivity contribution in [3.05, 3.63) is 23.8 Å². The monoisotopic (exact) mass is 288 g/mol. The van der Waals surface area contributed by atoms with Crippen LogP contribution >= 0.6 is 0 Å². The third-order valence-corrected chi connectivity index (χ3v) is 4.70. The Balaban J connectivity index is 1.66. The van der Waals surface area contributed by atoms with E-state index >= 15 is 0 Å². The molecule has 2 fully saturated rings. The highest BCUT2D eigenvalue weighted by Gasteiger charge is 2.16. The number of nitrogens with one attached hydrogen (secondary N) is 1. The molecule has 116 valence electrons. The second-order valence-corrected chi connectivity index (χ2v) is 6.42. The lowest BCUT2D eigenvalue weighted by molar-refractivity contribution is 0.155. The molecule has 1 aliphatic carbocycles. The van der Waals surface area contributed by atoms with Crippen molar-refractivity contribution in [2.24, 2.45) is 0 Å². The first-order chi connectivity index (χ1) is 10.3. The fraction of sp³-hybridized carbons (Fsp3) is 0.667. The van der Waals surface area contributed by atoms with Gasteiger partial charge < -0.3 is 15.0 Å². The molecule has 1 saturated heterocycles. The Bertz CT molecular complexity index is 447. The first kappa shape index (κ1) is 14.7. The average Bonchev–Trinajstić information content (AvgIpc) is 2.77. The molecule has 0 aromatic heterocycles. The van der Waals surface area contributed by atoms with Crippen LogP contribution in [0.15, 0.2) is 18.2 Å². The normalized spacial score (nSPS) is 21.1. The maximum Gasteiger partial charge on any atom is 0.120 e. The molecule has 1 aliphatic heterocycles. The number of hydrogen-bond donors (Lipinski definition) is 1. The van der Waals surface area contributed by atoms with Gasteiger partial charge in [0.15, 0.2) is 0 Å². The number of hydrogen-bond acceptors (Lipinski definition) is 3. The summed E-state index contributed by atoms with van der Waals surface area (Å²) < 4.78 is 6.17. The van der Waals surface area contributed by atoms with Crippen molar-refractivity contribution >= 4 is 5.69 Å². The molecule has 1 aromatic rings. The summed E-state index contributed by atoms with van der Waals surface area (Å²) >= 11 is 0. The van der Waals surface area contributed by atoms with E-state index in [4.69, 9.17) is 4.74 Å². The van der Waals surface area contributed by atoms with E-state index in [0.29, 0.717) is 6.10 Å². The topological polar surface area (TPSA) is 24.5 Å². The number of benzene rings is 1. The molecule has 0 atom stereocenters. The predicted molar refractivity (Wildman–Crippen MR) is 88.4 cm³/mol. The Morgan fingerprint density at radius 2 is 1.90 bits per heavy atom. The predicted octanol–water partition coefficient (Wildman–Crippen LogP) is 3.51. The fourth-order valence-electron chi connectivity index (χ4n) is 3.52. The van der Waals surface area contributed by atoms with Crippen LogP contribution in [0.1, 0.15) is 44.1 Å². The van der Waals surface area contributed by atoms with Crippen LogP contribution in [0.4, 0.5) is 5.69 Å². The largest absolute Gasteiger partial charge is 0.490 e. The second-order valence-electron chi connectivity index (χ2n) is 6.42. The summed E-state index contributed by atoms with van der Waals surface area (Å²) in [7, 11) is 0. The van der Waals surface area contributed by atoms with Gasteiger partial charge >= 0.3 is 0 Å².